The largest absolute Gasteiger partial charge is 0.495 e. The van der Waals surface area contributed by atoms with Crippen LogP contribution in [-0.4, -0.2) is 13.7 Å². The minimum absolute atomic E-state index is 0.386. The van der Waals surface area contributed by atoms with Crippen molar-refractivity contribution in [3.63, 3.8) is 0 Å². The minimum atomic E-state index is 0.386. The van der Waals surface area contributed by atoms with Gasteiger partial charge in [0.25, 0.3) is 0 Å². The van der Waals surface area contributed by atoms with E-state index in [4.69, 9.17) is 22.1 Å². The molecule has 0 radical (unpaired) electrons. The summed E-state index contributed by atoms with van der Waals surface area (Å²) < 4.78 is 5.26. The van der Waals surface area contributed by atoms with Gasteiger partial charge in [0.15, 0.2) is 0 Å². The van der Waals surface area contributed by atoms with E-state index in [2.05, 4.69) is 12.1 Å². The molecule has 0 unspecified atom stereocenters. The summed E-state index contributed by atoms with van der Waals surface area (Å²) in [5, 5.41) is 0.686. The summed E-state index contributed by atoms with van der Waals surface area (Å²) in [5.74, 6) is 0.783. The first-order chi connectivity index (χ1) is 7.63. The van der Waals surface area contributed by atoms with Crippen molar-refractivity contribution in [1.82, 2.24) is 0 Å². The van der Waals surface area contributed by atoms with Gasteiger partial charge in [-0.3, -0.25) is 0 Å². The van der Waals surface area contributed by atoms with E-state index in [0.29, 0.717) is 15.9 Å². The average molecular weight is 238 g/mol. The summed E-state index contributed by atoms with van der Waals surface area (Å²) in [6.07, 6.45) is 3.71. The van der Waals surface area contributed by atoms with Crippen molar-refractivity contribution in [2.24, 2.45) is 11.1 Å². The first kappa shape index (κ1) is 10.4. The Morgan fingerprint density at radius 3 is 2.62 bits per heavy atom. The van der Waals surface area contributed by atoms with Crippen molar-refractivity contribution in [3.05, 3.63) is 28.8 Å². The van der Waals surface area contributed by atoms with Crippen LogP contribution in [0.4, 0.5) is 0 Å². The average Bonchev–Trinajstić information content (AvgIpc) is 2.17. The fourth-order valence-electron chi connectivity index (χ4n) is 3.51. The molecule has 0 atom stereocenters. The molecule has 0 saturated heterocycles. The lowest BCUT2D eigenvalue weighted by Crippen LogP contribution is -2.67. The molecule has 86 valence electrons. The second-order valence-electron chi connectivity index (χ2n) is 5.36. The second-order valence-corrected chi connectivity index (χ2v) is 5.77. The van der Waals surface area contributed by atoms with Crippen molar-refractivity contribution < 1.29 is 4.74 Å². The molecule has 2 bridgehead atoms. The molecular formula is C13H16ClNO. The van der Waals surface area contributed by atoms with E-state index >= 15 is 0 Å². The van der Waals surface area contributed by atoms with E-state index in [1.807, 2.05) is 6.07 Å². The lowest BCUT2D eigenvalue weighted by atomic mass is 9.33. The van der Waals surface area contributed by atoms with Crippen LogP contribution in [0, 0.1) is 5.41 Å². The molecule has 16 heavy (non-hydrogen) atoms. The SMILES string of the molecule is COc1cc(C23CC(CN)(C2)C3)ccc1Cl. The molecule has 1 aromatic carbocycles. The molecule has 0 heterocycles. The second kappa shape index (κ2) is 3.14. The molecule has 3 saturated carbocycles. The lowest BCUT2D eigenvalue weighted by molar-refractivity contribution is -0.132. The van der Waals surface area contributed by atoms with Crippen LogP contribution < -0.4 is 10.5 Å². The highest BCUT2D eigenvalue weighted by Crippen LogP contribution is 2.73. The number of ether oxygens (including phenoxy) is 1. The molecule has 1 aromatic rings. The summed E-state index contributed by atoms with van der Waals surface area (Å²) >= 11 is 6.03. The van der Waals surface area contributed by atoms with E-state index in [1.54, 1.807) is 7.11 Å². The fourth-order valence-corrected chi connectivity index (χ4v) is 3.71. The van der Waals surface area contributed by atoms with Crippen molar-refractivity contribution >= 4 is 11.6 Å². The summed E-state index contributed by atoms with van der Waals surface area (Å²) in [6.45, 7) is 0.833. The molecule has 0 amide bonds. The topological polar surface area (TPSA) is 35.2 Å². The molecule has 2 N–H and O–H groups in total. The molecule has 0 aliphatic heterocycles. The van der Waals surface area contributed by atoms with Gasteiger partial charge in [-0.25, -0.2) is 0 Å². The molecule has 3 aliphatic rings. The molecule has 2 nitrogen and oxygen atoms in total. The highest BCUT2D eigenvalue weighted by molar-refractivity contribution is 6.32. The van der Waals surface area contributed by atoms with Crippen LogP contribution in [0.15, 0.2) is 18.2 Å². The number of hydrogen-bond acceptors (Lipinski definition) is 2. The van der Waals surface area contributed by atoms with Crippen LogP contribution in [0.2, 0.25) is 5.02 Å². The maximum Gasteiger partial charge on any atom is 0.137 e. The van der Waals surface area contributed by atoms with Crippen LogP contribution >= 0.6 is 11.6 Å². The predicted octanol–water partition coefficient (Wildman–Crippen LogP) is 2.73. The quantitative estimate of drug-likeness (QED) is 0.878. The van der Waals surface area contributed by atoms with Crippen LogP contribution in [-0.2, 0) is 5.41 Å². The number of nitrogens with two attached hydrogens (primary N) is 1. The summed E-state index contributed by atoms with van der Waals surface area (Å²) in [7, 11) is 1.66. The Bertz CT molecular complexity index is 424. The highest BCUT2D eigenvalue weighted by Gasteiger charge is 2.67. The van der Waals surface area contributed by atoms with E-state index < -0.39 is 0 Å². The van der Waals surface area contributed by atoms with Gasteiger partial charge in [-0.2, -0.15) is 0 Å². The number of benzene rings is 1. The van der Waals surface area contributed by atoms with E-state index in [0.717, 1.165) is 12.3 Å². The third kappa shape index (κ3) is 1.17. The number of methoxy groups -OCH3 is 1. The molecule has 3 aliphatic carbocycles. The van der Waals surface area contributed by atoms with Gasteiger partial charge in [0, 0.05) is 0 Å². The predicted molar refractivity (Wildman–Crippen MR) is 65.0 cm³/mol. The Balaban J connectivity index is 1.87. The van der Waals surface area contributed by atoms with Gasteiger partial charge in [0.05, 0.1) is 12.1 Å². The molecular weight excluding hydrogens is 222 g/mol. The molecule has 0 spiro atoms. The Morgan fingerprint density at radius 1 is 1.38 bits per heavy atom. The third-order valence-corrected chi connectivity index (χ3v) is 4.65. The standard InChI is InChI=1S/C13H16ClNO/c1-16-11-4-9(2-3-10(11)14)13-5-12(6-13,7-13)8-15/h2-4H,5-8,15H2,1H3. The van der Waals surface area contributed by atoms with Crippen LogP contribution in [0.5, 0.6) is 5.75 Å². The lowest BCUT2D eigenvalue weighted by Gasteiger charge is -2.71. The van der Waals surface area contributed by atoms with E-state index in [9.17, 15) is 0 Å². The van der Waals surface area contributed by atoms with E-state index in [-0.39, 0.29) is 0 Å². The maximum atomic E-state index is 6.03. The Hall–Kier alpha value is -0.730. The molecule has 3 fully saturated rings. The van der Waals surface area contributed by atoms with Gasteiger partial charge < -0.3 is 10.5 Å². The number of hydrogen-bond donors (Lipinski definition) is 1. The zero-order chi connectivity index (χ0) is 11.4. The maximum absolute atomic E-state index is 6.03. The van der Waals surface area contributed by atoms with Crippen molar-refractivity contribution in [1.29, 1.82) is 0 Å². The smallest absolute Gasteiger partial charge is 0.137 e. The van der Waals surface area contributed by atoms with Gasteiger partial charge in [-0.05, 0) is 54.3 Å². The Kier molecular flexibility index (Phi) is 2.05. The first-order valence-electron chi connectivity index (χ1n) is 5.67. The monoisotopic (exact) mass is 237 g/mol. The van der Waals surface area contributed by atoms with Gasteiger partial charge in [0.1, 0.15) is 5.75 Å². The van der Waals surface area contributed by atoms with Gasteiger partial charge in [0.2, 0.25) is 0 Å². The number of halogens is 1. The van der Waals surface area contributed by atoms with Crippen LogP contribution in [0.25, 0.3) is 0 Å². The molecule has 4 rings (SSSR count). The van der Waals surface area contributed by atoms with Crippen molar-refractivity contribution in [2.75, 3.05) is 13.7 Å². The van der Waals surface area contributed by atoms with Crippen molar-refractivity contribution in [3.8, 4) is 5.75 Å². The Morgan fingerprint density at radius 2 is 2.06 bits per heavy atom. The first-order valence-corrected chi connectivity index (χ1v) is 6.05. The summed E-state index contributed by atoms with van der Waals surface area (Å²) in [4.78, 5) is 0. The minimum Gasteiger partial charge on any atom is -0.495 e. The van der Waals surface area contributed by atoms with E-state index in [1.165, 1.54) is 24.8 Å². The number of rotatable bonds is 3. The molecule has 0 aromatic heterocycles. The Labute approximate surface area is 101 Å². The van der Waals surface area contributed by atoms with Crippen LogP contribution in [0.1, 0.15) is 24.8 Å². The zero-order valence-electron chi connectivity index (χ0n) is 9.42. The van der Waals surface area contributed by atoms with Gasteiger partial charge in [-0.15, -0.1) is 0 Å². The fraction of sp³-hybridized carbons (Fsp3) is 0.538. The third-order valence-electron chi connectivity index (χ3n) is 4.34. The van der Waals surface area contributed by atoms with Crippen LogP contribution in [0.3, 0.4) is 0 Å². The summed E-state index contributed by atoms with van der Waals surface area (Å²) in [5.41, 5.74) is 7.99. The normalized spacial score (nSPS) is 35.2. The molecule has 3 heteroatoms. The highest BCUT2D eigenvalue weighted by atomic mass is 35.5. The van der Waals surface area contributed by atoms with Gasteiger partial charge >= 0.3 is 0 Å². The van der Waals surface area contributed by atoms with Gasteiger partial charge in [-0.1, -0.05) is 17.7 Å². The van der Waals surface area contributed by atoms with Crippen molar-refractivity contribution in [2.45, 2.75) is 24.7 Å². The zero-order valence-corrected chi connectivity index (χ0v) is 10.2. The summed E-state index contributed by atoms with van der Waals surface area (Å²) in [6, 6.07) is 6.15.